The van der Waals surface area contributed by atoms with Crippen LogP contribution in [0, 0.1) is 0 Å². The molecule has 0 fully saturated rings. The van der Waals surface area contributed by atoms with E-state index in [-0.39, 0.29) is 5.41 Å². The number of nitrogens with one attached hydrogen (secondary N) is 1. The van der Waals surface area contributed by atoms with Gasteiger partial charge in [0.25, 0.3) is 0 Å². The lowest BCUT2D eigenvalue weighted by atomic mass is 9.77. The second-order valence-electron chi connectivity index (χ2n) is 4.94. The highest BCUT2D eigenvalue weighted by atomic mass is 79.9. The van der Waals surface area contributed by atoms with Gasteiger partial charge in [-0.2, -0.15) is 0 Å². The molecule has 1 N–H and O–H groups in total. The van der Waals surface area contributed by atoms with E-state index in [1.165, 1.54) is 14.9 Å². The van der Waals surface area contributed by atoms with Gasteiger partial charge in [0, 0.05) is 14.8 Å². The smallest absolute Gasteiger partial charge is 0.0516 e. The summed E-state index contributed by atoms with van der Waals surface area (Å²) in [5.41, 5.74) is 1.40. The minimum absolute atomic E-state index is 0.0450. The van der Waals surface area contributed by atoms with Crippen LogP contribution in [-0.2, 0) is 5.41 Å². The van der Waals surface area contributed by atoms with Crippen LogP contribution >= 0.6 is 27.3 Å². The number of hydrogen-bond acceptors (Lipinski definition) is 2. The summed E-state index contributed by atoms with van der Waals surface area (Å²) in [7, 11) is 2.03. The molecule has 1 aromatic heterocycles. The minimum atomic E-state index is 0.0450. The van der Waals surface area contributed by atoms with Crippen molar-refractivity contribution in [2.45, 2.75) is 25.3 Å². The summed E-state index contributed by atoms with van der Waals surface area (Å²) in [4.78, 5) is 1.35. The number of benzene rings is 1. The zero-order valence-electron chi connectivity index (χ0n) is 10.9. The van der Waals surface area contributed by atoms with Gasteiger partial charge < -0.3 is 5.32 Å². The Hall–Kier alpha value is -0.640. The summed E-state index contributed by atoms with van der Waals surface area (Å²) < 4.78 is 1.19. The first-order valence-electron chi connectivity index (χ1n) is 6.03. The van der Waals surface area contributed by atoms with Crippen LogP contribution in [-0.4, -0.2) is 7.05 Å². The van der Waals surface area contributed by atoms with E-state index in [9.17, 15) is 0 Å². The molecule has 0 radical (unpaired) electrons. The van der Waals surface area contributed by atoms with Crippen LogP contribution in [0.1, 0.15) is 30.3 Å². The lowest BCUT2D eigenvalue weighted by molar-refractivity contribution is 0.373. The van der Waals surface area contributed by atoms with Crippen LogP contribution in [0.25, 0.3) is 0 Å². The van der Waals surface area contributed by atoms with Crippen molar-refractivity contribution in [3.8, 4) is 0 Å². The predicted molar refractivity (Wildman–Crippen MR) is 83.3 cm³/mol. The monoisotopic (exact) mass is 323 g/mol. The predicted octanol–water partition coefficient (Wildman–Crippen LogP) is 4.75. The molecule has 0 aliphatic heterocycles. The molecule has 0 saturated carbocycles. The molecule has 0 aliphatic carbocycles. The number of rotatable bonds is 4. The van der Waals surface area contributed by atoms with Crippen molar-refractivity contribution in [3.63, 3.8) is 0 Å². The van der Waals surface area contributed by atoms with Crippen LogP contribution < -0.4 is 5.32 Å². The molecular formula is C15H18BrNS. The number of hydrogen-bond donors (Lipinski definition) is 1. The molecule has 1 nitrogen and oxygen atoms in total. The average molecular weight is 324 g/mol. The first-order chi connectivity index (χ1) is 8.57. The Labute approximate surface area is 121 Å². The number of thiophene rings is 1. The van der Waals surface area contributed by atoms with Crippen LogP contribution in [0.4, 0.5) is 0 Å². The Morgan fingerprint density at radius 3 is 2.33 bits per heavy atom. The third-order valence-electron chi connectivity index (χ3n) is 3.44. The molecule has 2 aromatic rings. The fraction of sp³-hybridized carbons (Fsp3) is 0.333. The van der Waals surface area contributed by atoms with Crippen LogP contribution in [0.15, 0.2) is 46.3 Å². The van der Waals surface area contributed by atoms with E-state index in [2.05, 4.69) is 76.9 Å². The topological polar surface area (TPSA) is 12.0 Å². The SMILES string of the molecule is CNC(c1sccc1Br)C(C)(C)c1ccccc1. The Morgan fingerprint density at radius 1 is 1.17 bits per heavy atom. The van der Waals surface area contributed by atoms with Crippen molar-refractivity contribution < 1.29 is 0 Å². The van der Waals surface area contributed by atoms with Gasteiger partial charge in [-0.25, -0.2) is 0 Å². The molecule has 0 saturated heterocycles. The molecule has 18 heavy (non-hydrogen) atoms. The van der Waals surface area contributed by atoms with Crippen molar-refractivity contribution in [2.24, 2.45) is 0 Å². The maximum Gasteiger partial charge on any atom is 0.0516 e. The standard InChI is InChI=1S/C15H18BrNS/c1-15(2,11-7-5-4-6-8-11)14(17-3)13-12(16)9-10-18-13/h4-10,14,17H,1-3H3. The molecule has 96 valence electrons. The lowest BCUT2D eigenvalue weighted by Gasteiger charge is -2.34. The van der Waals surface area contributed by atoms with Gasteiger partial charge in [-0.15, -0.1) is 11.3 Å². The highest BCUT2D eigenvalue weighted by Crippen LogP contribution is 2.41. The first-order valence-corrected chi connectivity index (χ1v) is 7.70. The molecule has 1 atom stereocenters. The van der Waals surface area contributed by atoms with Crippen molar-refractivity contribution in [1.82, 2.24) is 5.32 Å². The second kappa shape index (κ2) is 5.55. The minimum Gasteiger partial charge on any atom is -0.312 e. The van der Waals surface area contributed by atoms with Gasteiger partial charge in [-0.1, -0.05) is 44.2 Å². The Bertz CT molecular complexity index is 504. The van der Waals surface area contributed by atoms with Gasteiger partial charge >= 0.3 is 0 Å². The molecular weight excluding hydrogens is 306 g/mol. The second-order valence-corrected chi connectivity index (χ2v) is 6.74. The first kappa shape index (κ1) is 13.8. The van der Waals surface area contributed by atoms with E-state index in [0.29, 0.717) is 6.04 Å². The largest absolute Gasteiger partial charge is 0.312 e. The maximum absolute atomic E-state index is 3.64. The van der Waals surface area contributed by atoms with Gasteiger partial charge in [0.15, 0.2) is 0 Å². The third-order valence-corrected chi connectivity index (χ3v) is 5.37. The van der Waals surface area contributed by atoms with Crippen molar-refractivity contribution >= 4 is 27.3 Å². The fourth-order valence-corrected chi connectivity index (χ4v) is 4.26. The van der Waals surface area contributed by atoms with E-state index in [4.69, 9.17) is 0 Å². The van der Waals surface area contributed by atoms with Gasteiger partial charge in [-0.3, -0.25) is 0 Å². The molecule has 1 heterocycles. The Morgan fingerprint density at radius 2 is 1.83 bits per heavy atom. The molecule has 3 heteroatoms. The fourth-order valence-electron chi connectivity index (χ4n) is 2.37. The van der Waals surface area contributed by atoms with Gasteiger partial charge in [0.1, 0.15) is 0 Å². The van der Waals surface area contributed by atoms with Crippen LogP contribution in [0.3, 0.4) is 0 Å². The summed E-state index contributed by atoms with van der Waals surface area (Å²) >= 11 is 5.44. The summed E-state index contributed by atoms with van der Waals surface area (Å²) in [5.74, 6) is 0. The summed E-state index contributed by atoms with van der Waals surface area (Å²) in [6.07, 6.45) is 0. The van der Waals surface area contributed by atoms with E-state index in [0.717, 1.165) is 0 Å². The molecule has 0 bridgehead atoms. The lowest BCUT2D eigenvalue weighted by Crippen LogP contribution is -2.35. The van der Waals surface area contributed by atoms with Gasteiger partial charge in [-0.05, 0) is 40.0 Å². The molecule has 0 spiro atoms. The Kier molecular flexibility index (Phi) is 4.25. The molecule has 2 rings (SSSR count). The molecule has 0 aliphatic rings. The van der Waals surface area contributed by atoms with E-state index in [1.807, 2.05) is 7.05 Å². The van der Waals surface area contributed by atoms with E-state index < -0.39 is 0 Å². The van der Waals surface area contributed by atoms with Crippen molar-refractivity contribution in [2.75, 3.05) is 7.05 Å². The maximum atomic E-state index is 3.64. The summed E-state index contributed by atoms with van der Waals surface area (Å²) in [6.45, 7) is 4.57. The van der Waals surface area contributed by atoms with Gasteiger partial charge in [0.2, 0.25) is 0 Å². The molecule has 1 aromatic carbocycles. The van der Waals surface area contributed by atoms with E-state index in [1.54, 1.807) is 11.3 Å². The quantitative estimate of drug-likeness (QED) is 0.856. The highest BCUT2D eigenvalue weighted by Gasteiger charge is 2.33. The van der Waals surface area contributed by atoms with Crippen LogP contribution in [0.2, 0.25) is 0 Å². The zero-order valence-corrected chi connectivity index (χ0v) is 13.3. The summed E-state index contributed by atoms with van der Waals surface area (Å²) in [5, 5.41) is 5.59. The van der Waals surface area contributed by atoms with Crippen molar-refractivity contribution in [3.05, 3.63) is 56.7 Å². The van der Waals surface area contributed by atoms with Gasteiger partial charge in [0.05, 0.1) is 6.04 Å². The Balaban J connectivity index is 2.42. The zero-order chi connectivity index (χ0) is 13.2. The summed E-state index contributed by atoms with van der Waals surface area (Å²) in [6, 6.07) is 13.1. The highest BCUT2D eigenvalue weighted by molar-refractivity contribution is 9.10. The van der Waals surface area contributed by atoms with Crippen LogP contribution in [0.5, 0.6) is 0 Å². The third kappa shape index (κ3) is 2.53. The number of likely N-dealkylation sites (N-methyl/N-ethyl adjacent to an activating group) is 1. The molecule has 1 unspecified atom stereocenters. The van der Waals surface area contributed by atoms with E-state index >= 15 is 0 Å². The van der Waals surface area contributed by atoms with Crippen molar-refractivity contribution in [1.29, 1.82) is 0 Å². The normalized spacial score (nSPS) is 13.6. The molecule has 0 amide bonds. The average Bonchev–Trinajstić information content (AvgIpc) is 2.78. The number of halogens is 1.